The minimum Gasteiger partial charge on any atom is -0.354 e. The normalized spacial score (nSPS) is 14.6. The predicted octanol–water partition coefficient (Wildman–Crippen LogP) is 3.65. The first-order chi connectivity index (χ1) is 18.2. The highest BCUT2D eigenvalue weighted by atomic mass is 35.5. The molecule has 0 aromatic heterocycles. The van der Waals surface area contributed by atoms with E-state index in [9.17, 15) is 22.8 Å². The number of hydrogen-bond donors (Lipinski definition) is 1. The smallest absolute Gasteiger partial charge is 0.269 e. The van der Waals surface area contributed by atoms with Crippen molar-refractivity contribution in [1.29, 1.82) is 0 Å². The van der Waals surface area contributed by atoms with Crippen LogP contribution in [0, 0.1) is 0 Å². The Hall–Kier alpha value is -3.69. The van der Waals surface area contributed by atoms with Crippen molar-refractivity contribution >= 4 is 39.3 Å². The van der Waals surface area contributed by atoms with Gasteiger partial charge in [0.2, 0.25) is 11.8 Å². The summed E-state index contributed by atoms with van der Waals surface area (Å²) in [6.45, 7) is 1.59. The first-order valence-electron chi connectivity index (χ1n) is 12.2. The molecule has 8 nitrogen and oxygen atoms in total. The summed E-state index contributed by atoms with van der Waals surface area (Å²) < 4.78 is 26.8. The Balaban J connectivity index is 1.70. The van der Waals surface area contributed by atoms with Gasteiger partial charge in [0.1, 0.15) is 17.5 Å². The number of hydrogen-bond acceptors (Lipinski definition) is 5. The summed E-state index contributed by atoms with van der Waals surface area (Å²) >= 11 is 6.18. The fourth-order valence-corrected chi connectivity index (χ4v) is 6.08. The largest absolute Gasteiger partial charge is 0.354 e. The molecule has 3 aromatic carbocycles. The molecule has 0 aliphatic carbocycles. The van der Waals surface area contributed by atoms with Gasteiger partial charge in [0.05, 0.1) is 5.56 Å². The maximum Gasteiger partial charge on any atom is 0.269 e. The van der Waals surface area contributed by atoms with Crippen molar-refractivity contribution in [3.05, 3.63) is 101 Å². The van der Waals surface area contributed by atoms with Gasteiger partial charge in [-0.15, -0.1) is 0 Å². The number of halogens is 1. The van der Waals surface area contributed by atoms with E-state index in [1.54, 1.807) is 30.3 Å². The molecule has 0 saturated carbocycles. The second-order valence-electron chi connectivity index (χ2n) is 8.96. The monoisotopic (exact) mass is 553 g/mol. The molecule has 0 spiro atoms. The molecule has 1 aliphatic heterocycles. The molecule has 3 amide bonds. The standard InChI is InChI=1S/C28H28ClN3O5S/c1-2-15-30-27(34)24(17-20-9-4-3-5-10-20)31(18-21-11-8-12-22(29)16-21)26(33)19-32-28(35)23-13-6-7-14-25(23)38(32,36)37/h3-14,16,24H,2,15,17-19H2,1H3,(H,30,34)/t24-/m0/s1. The number of carbonyl (C=O) groups excluding carboxylic acids is 3. The van der Waals surface area contributed by atoms with Crippen molar-refractivity contribution in [2.24, 2.45) is 0 Å². The average molecular weight is 554 g/mol. The summed E-state index contributed by atoms with van der Waals surface area (Å²) in [5.41, 5.74) is 1.50. The number of carbonyl (C=O) groups is 3. The number of fused-ring (bicyclic) bond motifs is 1. The molecule has 3 aromatic rings. The van der Waals surface area contributed by atoms with Crippen molar-refractivity contribution in [1.82, 2.24) is 14.5 Å². The molecular weight excluding hydrogens is 526 g/mol. The van der Waals surface area contributed by atoms with E-state index in [2.05, 4.69) is 5.32 Å². The van der Waals surface area contributed by atoms with Crippen LogP contribution in [0.4, 0.5) is 0 Å². The number of rotatable bonds is 10. The summed E-state index contributed by atoms with van der Waals surface area (Å²) in [4.78, 5) is 41.4. The fraction of sp³-hybridized carbons (Fsp3) is 0.250. The third kappa shape index (κ3) is 5.89. The maximum absolute atomic E-state index is 13.8. The van der Waals surface area contributed by atoms with E-state index in [-0.39, 0.29) is 29.3 Å². The lowest BCUT2D eigenvalue weighted by atomic mass is 10.0. The maximum atomic E-state index is 13.8. The second kappa shape index (κ2) is 11.8. The molecule has 0 bridgehead atoms. The number of nitrogens with zero attached hydrogens (tertiary/aromatic N) is 2. The molecule has 0 saturated heterocycles. The zero-order valence-electron chi connectivity index (χ0n) is 20.8. The van der Waals surface area contributed by atoms with Crippen LogP contribution in [0.1, 0.15) is 34.8 Å². The Morgan fingerprint density at radius 2 is 1.66 bits per heavy atom. The molecule has 1 N–H and O–H groups in total. The summed E-state index contributed by atoms with van der Waals surface area (Å²) in [5, 5.41) is 3.32. The molecule has 0 radical (unpaired) electrons. The first kappa shape index (κ1) is 27.3. The van der Waals surface area contributed by atoms with Crippen LogP contribution in [0.25, 0.3) is 0 Å². The minimum absolute atomic E-state index is 0.00847. The summed E-state index contributed by atoms with van der Waals surface area (Å²) in [6, 6.07) is 21.0. The number of benzene rings is 3. The van der Waals surface area contributed by atoms with Gasteiger partial charge in [0, 0.05) is 24.5 Å². The Morgan fingerprint density at radius 1 is 0.974 bits per heavy atom. The fourth-order valence-electron chi connectivity index (χ4n) is 4.35. The van der Waals surface area contributed by atoms with Crippen molar-refractivity contribution < 1.29 is 22.8 Å². The quantitative estimate of drug-likeness (QED) is 0.413. The van der Waals surface area contributed by atoms with Gasteiger partial charge in [-0.05, 0) is 41.8 Å². The number of sulfonamides is 1. The highest BCUT2D eigenvalue weighted by Crippen LogP contribution is 2.30. The van der Waals surface area contributed by atoms with Crippen molar-refractivity contribution in [3.8, 4) is 0 Å². The lowest BCUT2D eigenvalue weighted by Crippen LogP contribution is -2.53. The molecule has 0 unspecified atom stereocenters. The van der Waals surface area contributed by atoms with E-state index in [1.807, 2.05) is 37.3 Å². The van der Waals surface area contributed by atoms with Gasteiger partial charge in [0.25, 0.3) is 15.9 Å². The van der Waals surface area contributed by atoms with Gasteiger partial charge in [-0.3, -0.25) is 14.4 Å². The minimum atomic E-state index is -4.21. The topological polar surface area (TPSA) is 104 Å². The van der Waals surface area contributed by atoms with Gasteiger partial charge in [0.15, 0.2) is 0 Å². The summed E-state index contributed by atoms with van der Waals surface area (Å²) in [7, 11) is -4.21. The van der Waals surface area contributed by atoms with Gasteiger partial charge >= 0.3 is 0 Å². The zero-order valence-corrected chi connectivity index (χ0v) is 22.4. The molecule has 4 rings (SSSR count). The molecule has 0 fully saturated rings. The molecule has 10 heteroatoms. The SMILES string of the molecule is CCCNC(=O)[C@H](Cc1ccccc1)N(Cc1cccc(Cl)c1)C(=O)CN1C(=O)c2ccccc2S1(=O)=O. The third-order valence-corrected chi connectivity index (χ3v) is 8.28. The molecule has 1 heterocycles. The molecule has 38 heavy (non-hydrogen) atoms. The highest BCUT2D eigenvalue weighted by molar-refractivity contribution is 7.90. The van der Waals surface area contributed by atoms with E-state index in [4.69, 9.17) is 11.6 Å². The van der Waals surface area contributed by atoms with Crippen LogP contribution in [0.5, 0.6) is 0 Å². The van der Waals surface area contributed by atoms with Gasteiger partial charge in [-0.2, -0.15) is 0 Å². The van der Waals surface area contributed by atoms with E-state index >= 15 is 0 Å². The van der Waals surface area contributed by atoms with Gasteiger partial charge in [-0.1, -0.05) is 73.1 Å². The second-order valence-corrected chi connectivity index (χ2v) is 11.2. The molecule has 198 valence electrons. The number of nitrogens with one attached hydrogen (secondary N) is 1. The Morgan fingerprint density at radius 3 is 2.34 bits per heavy atom. The Labute approximate surface area is 227 Å². The van der Waals surface area contributed by atoms with Crippen LogP contribution in [-0.4, -0.2) is 54.5 Å². The van der Waals surface area contributed by atoms with Crippen LogP contribution in [0.15, 0.2) is 83.8 Å². The van der Waals surface area contributed by atoms with Crippen LogP contribution >= 0.6 is 11.6 Å². The molecular formula is C28H28ClN3O5S. The van der Waals surface area contributed by atoms with Crippen LogP contribution in [0.3, 0.4) is 0 Å². The van der Waals surface area contributed by atoms with E-state index in [0.717, 1.165) is 5.56 Å². The van der Waals surface area contributed by atoms with Crippen molar-refractivity contribution in [2.45, 2.75) is 37.2 Å². The highest BCUT2D eigenvalue weighted by Gasteiger charge is 2.43. The predicted molar refractivity (Wildman–Crippen MR) is 144 cm³/mol. The molecule has 1 aliphatic rings. The van der Waals surface area contributed by atoms with Crippen molar-refractivity contribution in [3.63, 3.8) is 0 Å². The Bertz CT molecular complexity index is 1450. The average Bonchev–Trinajstić information content (AvgIpc) is 3.10. The lowest BCUT2D eigenvalue weighted by Gasteiger charge is -2.32. The summed E-state index contributed by atoms with van der Waals surface area (Å²) in [6.07, 6.45) is 0.897. The Kier molecular flexibility index (Phi) is 8.48. The van der Waals surface area contributed by atoms with Gasteiger partial charge in [-0.25, -0.2) is 12.7 Å². The lowest BCUT2D eigenvalue weighted by molar-refractivity contribution is -0.141. The van der Waals surface area contributed by atoms with Crippen molar-refractivity contribution in [2.75, 3.05) is 13.1 Å². The zero-order chi connectivity index (χ0) is 27.3. The first-order valence-corrected chi connectivity index (χ1v) is 14.1. The van der Waals surface area contributed by atoms with E-state index in [1.165, 1.54) is 23.1 Å². The van der Waals surface area contributed by atoms with Crippen LogP contribution in [0.2, 0.25) is 5.02 Å². The van der Waals surface area contributed by atoms with Crippen LogP contribution < -0.4 is 5.32 Å². The summed E-state index contributed by atoms with van der Waals surface area (Å²) in [5.74, 6) is -1.82. The van der Waals surface area contributed by atoms with E-state index in [0.29, 0.717) is 27.9 Å². The number of amides is 3. The van der Waals surface area contributed by atoms with Gasteiger partial charge < -0.3 is 10.2 Å². The van der Waals surface area contributed by atoms with Crippen LogP contribution in [-0.2, 0) is 32.6 Å². The third-order valence-electron chi connectivity index (χ3n) is 6.25. The van der Waals surface area contributed by atoms with E-state index < -0.39 is 34.4 Å². The molecule has 1 atom stereocenters.